The zero-order valence-corrected chi connectivity index (χ0v) is 16.8. The zero-order valence-electron chi connectivity index (χ0n) is 16.8. The van der Waals surface area contributed by atoms with Crippen LogP contribution in [0.25, 0.3) is 0 Å². The van der Waals surface area contributed by atoms with Crippen LogP contribution in [0.15, 0.2) is 96.3 Å². The summed E-state index contributed by atoms with van der Waals surface area (Å²) in [5, 5.41) is 0. The summed E-state index contributed by atoms with van der Waals surface area (Å²) in [7, 11) is 2.09. The van der Waals surface area contributed by atoms with Gasteiger partial charge in [-0.1, -0.05) is 80.6 Å². The van der Waals surface area contributed by atoms with Crippen LogP contribution in [0.3, 0.4) is 0 Å². The summed E-state index contributed by atoms with van der Waals surface area (Å²) in [5.41, 5.74) is 4.91. The highest BCUT2D eigenvalue weighted by Crippen LogP contribution is 2.46. The fourth-order valence-electron chi connectivity index (χ4n) is 4.15. The van der Waals surface area contributed by atoms with Gasteiger partial charge in [-0.15, -0.1) is 0 Å². The monoisotopic (exact) mass is 381 g/mol. The fraction of sp³-hybridized carbons (Fsp3) is 0.154. The quantitative estimate of drug-likeness (QED) is 0.405. The first-order valence-corrected chi connectivity index (χ1v) is 9.70. The fourth-order valence-corrected chi connectivity index (χ4v) is 4.15. The van der Waals surface area contributed by atoms with Crippen molar-refractivity contribution in [3.8, 4) is 0 Å². The Bertz CT molecular complexity index is 1090. The van der Waals surface area contributed by atoms with Crippen molar-refractivity contribution in [1.82, 2.24) is 0 Å². The van der Waals surface area contributed by atoms with Crippen LogP contribution in [0, 0.1) is 0 Å². The molecule has 0 amide bonds. The summed E-state index contributed by atoms with van der Waals surface area (Å²) < 4.78 is 0. The predicted octanol–water partition coefficient (Wildman–Crippen LogP) is 5.42. The number of benzene rings is 2. The second-order valence-corrected chi connectivity index (χ2v) is 7.81. The van der Waals surface area contributed by atoms with E-state index in [2.05, 4.69) is 56.1 Å². The van der Waals surface area contributed by atoms with Gasteiger partial charge in [0.25, 0.3) is 0 Å². The maximum atomic E-state index is 12.4. The number of allylic oxidation sites excluding steroid dienone is 8. The van der Waals surface area contributed by atoms with Crippen molar-refractivity contribution in [2.75, 3.05) is 11.9 Å². The number of hydrogen-bond acceptors (Lipinski definition) is 3. The second kappa shape index (κ2) is 7.17. The SMILES string of the molecule is CN1\C(=C/C=C/C=C\C=C2C(=O)c3ccccc3C2=O)C(C)(C)c2ccccc21. The Balaban J connectivity index is 1.49. The first kappa shape index (κ1) is 18.9. The van der Waals surface area contributed by atoms with E-state index in [0.29, 0.717) is 11.1 Å². The first-order chi connectivity index (χ1) is 13.9. The molecule has 2 aromatic rings. The van der Waals surface area contributed by atoms with Crippen molar-refractivity contribution in [1.29, 1.82) is 0 Å². The summed E-state index contributed by atoms with van der Waals surface area (Å²) >= 11 is 0. The molecule has 144 valence electrons. The van der Waals surface area contributed by atoms with Crippen LogP contribution in [-0.4, -0.2) is 18.6 Å². The number of carbonyl (C=O) groups is 2. The molecule has 0 radical (unpaired) electrons. The van der Waals surface area contributed by atoms with E-state index >= 15 is 0 Å². The van der Waals surface area contributed by atoms with E-state index < -0.39 is 0 Å². The third-order valence-corrected chi connectivity index (χ3v) is 5.70. The summed E-state index contributed by atoms with van der Waals surface area (Å²) in [4.78, 5) is 26.9. The smallest absolute Gasteiger partial charge is 0.197 e. The highest BCUT2D eigenvalue weighted by molar-refractivity contribution is 6.39. The van der Waals surface area contributed by atoms with Crippen LogP contribution < -0.4 is 4.90 Å². The number of hydrogen-bond donors (Lipinski definition) is 0. The number of carbonyl (C=O) groups excluding carboxylic acids is 2. The Labute approximate surface area is 171 Å². The molecule has 0 unspecified atom stereocenters. The predicted molar refractivity (Wildman–Crippen MR) is 117 cm³/mol. The Morgan fingerprint density at radius 2 is 1.31 bits per heavy atom. The van der Waals surface area contributed by atoms with Crippen molar-refractivity contribution < 1.29 is 9.59 Å². The van der Waals surface area contributed by atoms with Gasteiger partial charge in [0.05, 0.1) is 5.57 Å². The van der Waals surface area contributed by atoms with E-state index in [1.54, 1.807) is 36.4 Å². The number of fused-ring (bicyclic) bond motifs is 2. The molecule has 0 aromatic heterocycles. The summed E-state index contributed by atoms with van der Waals surface area (Å²) in [6.07, 6.45) is 11.2. The minimum atomic E-state index is -0.201. The molecule has 0 atom stereocenters. The van der Waals surface area contributed by atoms with Crippen molar-refractivity contribution in [2.45, 2.75) is 19.3 Å². The molecule has 0 bridgehead atoms. The van der Waals surface area contributed by atoms with E-state index in [1.807, 2.05) is 18.2 Å². The average molecular weight is 381 g/mol. The number of ketones is 2. The van der Waals surface area contributed by atoms with Gasteiger partial charge in [0, 0.05) is 35.0 Å². The molecule has 2 aliphatic rings. The third-order valence-electron chi connectivity index (χ3n) is 5.70. The maximum absolute atomic E-state index is 12.4. The minimum Gasteiger partial charge on any atom is -0.347 e. The lowest BCUT2D eigenvalue weighted by molar-refractivity contribution is 0.0989. The molecule has 2 aromatic carbocycles. The van der Waals surface area contributed by atoms with Crippen molar-refractivity contribution in [3.05, 3.63) is 113 Å². The van der Waals surface area contributed by atoms with Crippen LogP contribution in [0.5, 0.6) is 0 Å². The van der Waals surface area contributed by atoms with Gasteiger partial charge in [-0.05, 0) is 23.8 Å². The van der Waals surface area contributed by atoms with Gasteiger partial charge in [0.2, 0.25) is 0 Å². The topological polar surface area (TPSA) is 37.4 Å². The Morgan fingerprint density at radius 1 is 0.759 bits per heavy atom. The first-order valence-electron chi connectivity index (χ1n) is 9.70. The largest absolute Gasteiger partial charge is 0.347 e. The Kier molecular flexibility index (Phi) is 4.67. The highest BCUT2D eigenvalue weighted by Gasteiger charge is 2.37. The van der Waals surface area contributed by atoms with E-state index in [1.165, 1.54) is 16.9 Å². The zero-order chi connectivity index (χ0) is 20.6. The van der Waals surface area contributed by atoms with Gasteiger partial charge in [-0.3, -0.25) is 9.59 Å². The number of nitrogens with zero attached hydrogens (tertiary/aromatic N) is 1. The highest BCUT2D eigenvalue weighted by atomic mass is 16.2. The lowest BCUT2D eigenvalue weighted by Crippen LogP contribution is -2.22. The standard InChI is InChI=1S/C26H23NO2/c1-26(2)21-15-10-11-16-22(21)27(3)23(26)17-7-5-4-6-14-20-24(28)18-12-8-9-13-19(18)25(20)29/h4-17H,1-3H3/b6-4-,7-5+,23-17-. The Hall–Kier alpha value is -3.46. The van der Waals surface area contributed by atoms with E-state index in [4.69, 9.17) is 0 Å². The molecule has 3 heteroatoms. The van der Waals surface area contributed by atoms with Gasteiger partial charge in [-0.2, -0.15) is 0 Å². The molecular weight excluding hydrogens is 358 g/mol. The summed E-state index contributed by atoms with van der Waals surface area (Å²) in [6, 6.07) is 15.4. The van der Waals surface area contributed by atoms with Crippen LogP contribution in [0.4, 0.5) is 5.69 Å². The molecule has 1 aliphatic carbocycles. The number of para-hydroxylation sites is 1. The van der Waals surface area contributed by atoms with E-state index in [-0.39, 0.29) is 22.6 Å². The number of likely N-dealkylation sites (N-methyl/N-ethyl adjacent to an activating group) is 1. The van der Waals surface area contributed by atoms with Crippen LogP contribution in [0.2, 0.25) is 0 Å². The molecule has 1 aliphatic heterocycles. The molecule has 0 fully saturated rings. The number of rotatable bonds is 3. The maximum Gasteiger partial charge on any atom is 0.197 e. The molecule has 0 N–H and O–H groups in total. The van der Waals surface area contributed by atoms with Crippen LogP contribution >= 0.6 is 0 Å². The van der Waals surface area contributed by atoms with Gasteiger partial charge < -0.3 is 4.90 Å². The molecule has 0 saturated heterocycles. The van der Waals surface area contributed by atoms with Crippen LogP contribution in [0.1, 0.15) is 40.1 Å². The van der Waals surface area contributed by atoms with Gasteiger partial charge in [0.1, 0.15) is 0 Å². The molecule has 3 nitrogen and oxygen atoms in total. The molecule has 1 heterocycles. The van der Waals surface area contributed by atoms with E-state index in [0.717, 1.165) is 0 Å². The van der Waals surface area contributed by atoms with Gasteiger partial charge in [-0.25, -0.2) is 0 Å². The Morgan fingerprint density at radius 3 is 1.93 bits per heavy atom. The third kappa shape index (κ3) is 3.09. The second-order valence-electron chi connectivity index (χ2n) is 7.81. The number of anilines is 1. The summed E-state index contributed by atoms with van der Waals surface area (Å²) in [5.74, 6) is -0.401. The molecule has 0 saturated carbocycles. The van der Waals surface area contributed by atoms with Crippen LogP contribution in [-0.2, 0) is 5.41 Å². The minimum absolute atomic E-state index is 0.0597. The molecule has 29 heavy (non-hydrogen) atoms. The molecule has 4 rings (SSSR count). The molecule has 0 spiro atoms. The van der Waals surface area contributed by atoms with E-state index in [9.17, 15) is 9.59 Å². The lowest BCUT2D eigenvalue weighted by atomic mass is 9.84. The van der Waals surface area contributed by atoms with Crippen molar-refractivity contribution in [2.24, 2.45) is 0 Å². The summed E-state index contributed by atoms with van der Waals surface area (Å²) in [6.45, 7) is 4.45. The molecular formula is C26H23NO2. The lowest BCUT2D eigenvalue weighted by Gasteiger charge is -2.23. The van der Waals surface area contributed by atoms with Crippen molar-refractivity contribution in [3.63, 3.8) is 0 Å². The number of Topliss-reactive ketones (excluding diaryl/α,β-unsaturated/α-hetero) is 2. The van der Waals surface area contributed by atoms with Gasteiger partial charge in [0.15, 0.2) is 11.6 Å². The normalized spacial score (nSPS) is 18.9. The van der Waals surface area contributed by atoms with Gasteiger partial charge >= 0.3 is 0 Å². The van der Waals surface area contributed by atoms with Crippen molar-refractivity contribution >= 4 is 17.3 Å². The average Bonchev–Trinajstić information content (AvgIpc) is 3.08.